The summed E-state index contributed by atoms with van der Waals surface area (Å²) in [4.78, 5) is 13.5. The van der Waals surface area contributed by atoms with Crippen LogP contribution in [-0.4, -0.2) is 56.2 Å². The third-order valence-electron chi connectivity index (χ3n) is 6.02. The number of likely N-dealkylation sites (tertiary alicyclic amines) is 2. The molecule has 1 N–H and O–H groups in total. The first-order valence-corrected chi connectivity index (χ1v) is 9.64. The van der Waals surface area contributed by atoms with Crippen molar-refractivity contribution in [2.24, 2.45) is 0 Å². The van der Waals surface area contributed by atoms with Crippen molar-refractivity contribution in [2.45, 2.75) is 50.9 Å². The molecule has 0 unspecified atom stereocenters. The van der Waals surface area contributed by atoms with E-state index < -0.39 is 0 Å². The molecular weight excluding hydrogens is 324 g/mol. The van der Waals surface area contributed by atoms with Crippen LogP contribution < -0.4 is 0 Å². The highest BCUT2D eigenvalue weighted by Crippen LogP contribution is 2.39. The minimum Gasteiger partial charge on any atom is -0.390 e. The maximum Gasteiger partial charge on any atom is 0.125 e. The largest absolute Gasteiger partial charge is 0.390 e. The van der Waals surface area contributed by atoms with Crippen LogP contribution in [0.25, 0.3) is 0 Å². The summed E-state index contributed by atoms with van der Waals surface area (Å²) >= 11 is 0. The van der Waals surface area contributed by atoms with Gasteiger partial charge in [0.1, 0.15) is 5.82 Å². The summed E-state index contributed by atoms with van der Waals surface area (Å²) in [5.74, 6) is 0.807. The molecule has 2 aromatic rings. The molecule has 1 aromatic carbocycles. The van der Waals surface area contributed by atoms with Crippen molar-refractivity contribution in [3.05, 3.63) is 59.7 Å². The first-order valence-electron chi connectivity index (χ1n) is 9.64. The number of aliphatic hydroxyl groups excluding tert-OH is 1. The number of rotatable bonds is 4. The third kappa shape index (κ3) is 3.52. The molecule has 2 fully saturated rings. The molecule has 2 aliphatic heterocycles. The number of aryl methyl sites for hydroxylation is 1. The molecule has 0 aliphatic carbocycles. The second-order valence-electron chi connectivity index (χ2n) is 7.71. The molecule has 5 nitrogen and oxygen atoms in total. The molecule has 26 heavy (non-hydrogen) atoms. The lowest BCUT2D eigenvalue weighted by Crippen LogP contribution is -2.61. The van der Waals surface area contributed by atoms with E-state index in [4.69, 9.17) is 0 Å². The zero-order chi connectivity index (χ0) is 18.0. The zero-order valence-electron chi connectivity index (χ0n) is 15.5. The fraction of sp³-hybridized carbons (Fsp3) is 0.524. The minimum absolute atomic E-state index is 0.0616. The van der Waals surface area contributed by atoms with Crippen LogP contribution in [0.2, 0.25) is 0 Å². The Morgan fingerprint density at radius 1 is 1.12 bits per heavy atom. The Labute approximate surface area is 155 Å². The van der Waals surface area contributed by atoms with E-state index in [1.54, 1.807) is 0 Å². The van der Waals surface area contributed by atoms with Gasteiger partial charge >= 0.3 is 0 Å². The molecule has 3 heterocycles. The van der Waals surface area contributed by atoms with Gasteiger partial charge in [-0.3, -0.25) is 9.80 Å². The smallest absolute Gasteiger partial charge is 0.125 e. The topological polar surface area (TPSA) is 52.5 Å². The van der Waals surface area contributed by atoms with Gasteiger partial charge in [0, 0.05) is 37.9 Å². The van der Waals surface area contributed by atoms with Crippen molar-refractivity contribution < 1.29 is 5.11 Å². The van der Waals surface area contributed by atoms with Crippen molar-refractivity contribution in [3.8, 4) is 0 Å². The third-order valence-corrected chi connectivity index (χ3v) is 6.02. The van der Waals surface area contributed by atoms with Gasteiger partial charge in [0.2, 0.25) is 0 Å². The van der Waals surface area contributed by atoms with Gasteiger partial charge in [-0.1, -0.05) is 30.3 Å². The highest BCUT2D eigenvalue weighted by atomic mass is 16.3. The minimum atomic E-state index is -0.314. The van der Waals surface area contributed by atoms with Gasteiger partial charge < -0.3 is 5.11 Å². The Balaban J connectivity index is 1.43. The van der Waals surface area contributed by atoms with Gasteiger partial charge in [-0.2, -0.15) is 0 Å². The highest BCUT2D eigenvalue weighted by molar-refractivity contribution is 5.17. The molecule has 2 atom stereocenters. The van der Waals surface area contributed by atoms with Crippen molar-refractivity contribution in [1.82, 2.24) is 19.8 Å². The summed E-state index contributed by atoms with van der Waals surface area (Å²) in [7, 11) is 0. The number of benzene rings is 1. The summed E-state index contributed by atoms with van der Waals surface area (Å²) < 4.78 is 0. The monoisotopic (exact) mass is 352 g/mol. The van der Waals surface area contributed by atoms with E-state index in [0.29, 0.717) is 6.54 Å². The van der Waals surface area contributed by atoms with E-state index in [1.807, 2.05) is 19.2 Å². The predicted octanol–water partition coefficient (Wildman–Crippen LogP) is 2.39. The first kappa shape index (κ1) is 17.6. The fourth-order valence-corrected chi connectivity index (χ4v) is 4.65. The van der Waals surface area contributed by atoms with E-state index in [1.165, 1.54) is 12.0 Å². The predicted molar refractivity (Wildman–Crippen MR) is 101 cm³/mol. The van der Waals surface area contributed by atoms with Gasteiger partial charge in [0.15, 0.2) is 0 Å². The molecule has 0 radical (unpaired) electrons. The average Bonchev–Trinajstić information content (AvgIpc) is 3.03. The van der Waals surface area contributed by atoms with E-state index >= 15 is 0 Å². The number of aromatic nitrogens is 2. The van der Waals surface area contributed by atoms with E-state index in [2.05, 4.69) is 50.1 Å². The molecule has 1 aromatic heterocycles. The van der Waals surface area contributed by atoms with Crippen molar-refractivity contribution in [1.29, 1.82) is 0 Å². The number of β-amino-alcohol motifs (C(OH)–C–C–N with tert-alkyl or cyclic N) is 1. The van der Waals surface area contributed by atoms with Gasteiger partial charge in [-0.05, 0) is 44.4 Å². The van der Waals surface area contributed by atoms with Gasteiger partial charge in [0.05, 0.1) is 11.8 Å². The van der Waals surface area contributed by atoms with Gasteiger partial charge in [0.25, 0.3) is 0 Å². The average molecular weight is 352 g/mol. The van der Waals surface area contributed by atoms with Crippen LogP contribution >= 0.6 is 0 Å². The zero-order valence-corrected chi connectivity index (χ0v) is 15.5. The molecule has 1 spiro atoms. The van der Waals surface area contributed by atoms with Crippen molar-refractivity contribution >= 4 is 0 Å². The molecule has 0 bridgehead atoms. The molecule has 138 valence electrons. The molecule has 0 saturated carbocycles. The number of piperidine rings is 1. The normalized spacial score (nSPS) is 27.2. The highest BCUT2D eigenvalue weighted by Gasteiger charge is 2.48. The molecular formula is C21H28N4O. The van der Waals surface area contributed by atoms with E-state index in [0.717, 1.165) is 50.5 Å². The summed E-state index contributed by atoms with van der Waals surface area (Å²) in [6.45, 7) is 6.44. The summed E-state index contributed by atoms with van der Waals surface area (Å²) in [6.07, 6.45) is 4.80. The van der Waals surface area contributed by atoms with Crippen LogP contribution in [0, 0.1) is 6.92 Å². The van der Waals surface area contributed by atoms with Gasteiger partial charge in [-0.25, -0.2) is 9.97 Å². The lowest BCUT2D eigenvalue weighted by Gasteiger charge is -2.48. The second-order valence-corrected chi connectivity index (χ2v) is 7.71. The molecule has 0 amide bonds. The quantitative estimate of drug-likeness (QED) is 0.916. The Kier molecular flexibility index (Phi) is 5.02. The Morgan fingerprint density at radius 2 is 1.96 bits per heavy atom. The molecule has 5 heteroatoms. The summed E-state index contributed by atoms with van der Waals surface area (Å²) in [6, 6.07) is 12.6. The lowest BCUT2D eigenvalue weighted by atomic mass is 9.82. The summed E-state index contributed by atoms with van der Waals surface area (Å²) in [5, 5.41) is 11.1. The van der Waals surface area contributed by atoms with Crippen LogP contribution in [0.15, 0.2) is 42.6 Å². The maximum atomic E-state index is 11.1. The van der Waals surface area contributed by atoms with Gasteiger partial charge in [-0.15, -0.1) is 0 Å². The Morgan fingerprint density at radius 3 is 2.73 bits per heavy atom. The standard InChI is InChI=1S/C21H28N4O/c1-17-22-11-8-19(23-17)15-24-13-10-21(20(26)16-24)9-5-12-25(21)14-18-6-3-2-4-7-18/h2-4,6-8,11,20,26H,5,9-10,12-16H2,1H3/t20-,21-/m0/s1. The molecule has 2 saturated heterocycles. The van der Waals surface area contributed by atoms with Crippen molar-refractivity contribution in [2.75, 3.05) is 19.6 Å². The maximum absolute atomic E-state index is 11.1. The number of hydrogen-bond donors (Lipinski definition) is 1. The van der Waals surface area contributed by atoms with Crippen LogP contribution in [-0.2, 0) is 13.1 Å². The fourth-order valence-electron chi connectivity index (χ4n) is 4.65. The van der Waals surface area contributed by atoms with Crippen LogP contribution in [0.5, 0.6) is 0 Å². The van der Waals surface area contributed by atoms with E-state index in [9.17, 15) is 5.11 Å². The van der Waals surface area contributed by atoms with Crippen LogP contribution in [0.4, 0.5) is 0 Å². The summed E-state index contributed by atoms with van der Waals surface area (Å²) in [5.41, 5.74) is 2.31. The Bertz CT molecular complexity index is 738. The lowest BCUT2D eigenvalue weighted by molar-refractivity contribution is -0.0685. The molecule has 4 rings (SSSR count). The first-order chi connectivity index (χ1) is 12.7. The Hall–Kier alpha value is -1.82. The van der Waals surface area contributed by atoms with Crippen LogP contribution in [0.3, 0.4) is 0 Å². The number of aliphatic hydroxyl groups is 1. The molecule has 2 aliphatic rings. The SMILES string of the molecule is Cc1nccc(CN2CC[C@@]3(CCCN3Cc3ccccc3)[C@@H](O)C2)n1. The second kappa shape index (κ2) is 7.43. The van der Waals surface area contributed by atoms with Crippen LogP contribution in [0.1, 0.15) is 36.3 Å². The van der Waals surface area contributed by atoms with Crippen molar-refractivity contribution in [3.63, 3.8) is 0 Å². The number of nitrogens with zero attached hydrogens (tertiary/aromatic N) is 4. The van der Waals surface area contributed by atoms with E-state index in [-0.39, 0.29) is 11.6 Å². The number of hydrogen-bond acceptors (Lipinski definition) is 5.